The molecule has 0 aliphatic carbocycles. The van der Waals surface area contributed by atoms with Crippen LogP contribution in [0.4, 0.5) is 5.95 Å². The predicted octanol–water partition coefficient (Wildman–Crippen LogP) is 1.88. The second kappa shape index (κ2) is 7.27. The molecule has 16 heavy (non-hydrogen) atoms. The molecule has 1 unspecified atom stereocenters. The highest BCUT2D eigenvalue weighted by atomic mass is 79.9. The molecule has 0 bridgehead atoms. The minimum atomic E-state index is 0. The van der Waals surface area contributed by atoms with Crippen LogP contribution in [0.1, 0.15) is 6.42 Å². The quantitative estimate of drug-likeness (QED) is 0.899. The van der Waals surface area contributed by atoms with Gasteiger partial charge in [0.2, 0.25) is 5.95 Å². The van der Waals surface area contributed by atoms with Crippen LogP contribution >= 0.6 is 40.7 Å². The number of halogens is 3. The molecule has 0 amide bonds. The maximum atomic E-state index is 4.26. The van der Waals surface area contributed by atoms with Gasteiger partial charge in [-0.15, -0.1) is 24.8 Å². The molecule has 4 nitrogen and oxygen atoms in total. The van der Waals surface area contributed by atoms with Crippen molar-refractivity contribution >= 4 is 46.7 Å². The summed E-state index contributed by atoms with van der Waals surface area (Å²) in [7, 11) is 2.04. The number of anilines is 1. The minimum Gasteiger partial charge on any atom is -0.340 e. The highest BCUT2D eigenvalue weighted by Crippen LogP contribution is 2.14. The van der Waals surface area contributed by atoms with Crippen molar-refractivity contribution in [1.82, 2.24) is 15.3 Å². The summed E-state index contributed by atoms with van der Waals surface area (Å²) in [5, 5.41) is 3.33. The third-order valence-electron chi connectivity index (χ3n) is 2.50. The lowest BCUT2D eigenvalue weighted by Crippen LogP contribution is -2.34. The Labute approximate surface area is 116 Å². The van der Waals surface area contributed by atoms with Crippen LogP contribution in [-0.2, 0) is 0 Å². The molecule has 1 aromatic rings. The average molecular weight is 330 g/mol. The van der Waals surface area contributed by atoms with Crippen LogP contribution in [0, 0.1) is 0 Å². The highest BCUT2D eigenvalue weighted by molar-refractivity contribution is 9.10. The van der Waals surface area contributed by atoms with Gasteiger partial charge in [0.1, 0.15) is 0 Å². The van der Waals surface area contributed by atoms with Gasteiger partial charge in [-0.3, -0.25) is 0 Å². The number of rotatable bonds is 2. The van der Waals surface area contributed by atoms with Gasteiger partial charge in [-0.1, -0.05) is 0 Å². The van der Waals surface area contributed by atoms with Crippen LogP contribution in [0.3, 0.4) is 0 Å². The van der Waals surface area contributed by atoms with Crippen LogP contribution in [0.25, 0.3) is 0 Å². The van der Waals surface area contributed by atoms with Gasteiger partial charge in [0.25, 0.3) is 0 Å². The monoisotopic (exact) mass is 328 g/mol. The lowest BCUT2D eigenvalue weighted by molar-refractivity contribution is 0.668. The fourth-order valence-electron chi connectivity index (χ4n) is 1.62. The lowest BCUT2D eigenvalue weighted by atomic mass is 10.2. The summed E-state index contributed by atoms with van der Waals surface area (Å²) in [6.07, 6.45) is 4.72. The van der Waals surface area contributed by atoms with E-state index in [4.69, 9.17) is 0 Å². The molecule has 1 saturated heterocycles. The first kappa shape index (κ1) is 15.9. The zero-order chi connectivity index (χ0) is 9.97. The molecule has 2 rings (SSSR count). The van der Waals surface area contributed by atoms with E-state index in [0.29, 0.717) is 6.04 Å². The summed E-state index contributed by atoms with van der Waals surface area (Å²) in [6.45, 7) is 2.11. The fourth-order valence-corrected chi connectivity index (χ4v) is 1.83. The Bertz CT molecular complexity index is 303. The molecular formula is C9H15BrCl2N4. The summed E-state index contributed by atoms with van der Waals surface area (Å²) < 4.78 is 0.916. The smallest absolute Gasteiger partial charge is 0.225 e. The number of aromatic nitrogens is 2. The van der Waals surface area contributed by atoms with Crippen molar-refractivity contribution in [2.24, 2.45) is 0 Å². The van der Waals surface area contributed by atoms with Crippen LogP contribution in [0.5, 0.6) is 0 Å². The Morgan fingerprint density at radius 1 is 1.38 bits per heavy atom. The van der Waals surface area contributed by atoms with E-state index >= 15 is 0 Å². The molecule has 92 valence electrons. The first-order valence-electron chi connectivity index (χ1n) is 4.68. The summed E-state index contributed by atoms with van der Waals surface area (Å²) in [5.41, 5.74) is 0. The van der Waals surface area contributed by atoms with Crippen molar-refractivity contribution in [3.05, 3.63) is 16.9 Å². The molecule has 0 saturated carbocycles. The molecule has 1 aromatic heterocycles. The van der Waals surface area contributed by atoms with Gasteiger partial charge in [0.15, 0.2) is 0 Å². The summed E-state index contributed by atoms with van der Waals surface area (Å²) in [4.78, 5) is 10.7. The van der Waals surface area contributed by atoms with Gasteiger partial charge < -0.3 is 10.2 Å². The van der Waals surface area contributed by atoms with Gasteiger partial charge >= 0.3 is 0 Å². The molecule has 1 fully saturated rings. The standard InChI is InChI=1S/C9H13BrN4.2ClH/c1-14(8-2-3-11-6-8)9-12-4-7(10)5-13-9;;/h4-5,8,11H,2-3,6H2,1H3;2*1H. The Kier molecular flexibility index (Phi) is 7.22. The van der Waals surface area contributed by atoms with Crippen molar-refractivity contribution in [1.29, 1.82) is 0 Å². The molecule has 0 aromatic carbocycles. The van der Waals surface area contributed by atoms with E-state index in [1.54, 1.807) is 12.4 Å². The maximum absolute atomic E-state index is 4.26. The van der Waals surface area contributed by atoms with Crippen molar-refractivity contribution in [2.45, 2.75) is 12.5 Å². The summed E-state index contributed by atoms with van der Waals surface area (Å²) >= 11 is 3.32. The molecule has 7 heteroatoms. The number of likely N-dealkylation sites (N-methyl/N-ethyl adjacent to an activating group) is 1. The summed E-state index contributed by atoms with van der Waals surface area (Å²) in [5.74, 6) is 0.793. The van der Waals surface area contributed by atoms with E-state index in [-0.39, 0.29) is 24.8 Å². The zero-order valence-electron chi connectivity index (χ0n) is 8.89. The topological polar surface area (TPSA) is 41.1 Å². The van der Waals surface area contributed by atoms with E-state index in [9.17, 15) is 0 Å². The van der Waals surface area contributed by atoms with E-state index in [2.05, 4.69) is 36.1 Å². The van der Waals surface area contributed by atoms with Gasteiger partial charge in [0, 0.05) is 32.0 Å². The first-order valence-corrected chi connectivity index (χ1v) is 5.48. The van der Waals surface area contributed by atoms with Crippen molar-refractivity contribution < 1.29 is 0 Å². The van der Waals surface area contributed by atoms with Crippen LogP contribution in [0.2, 0.25) is 0 Å². The van der Waals surface area contributed by atoms with Crippen molar-refractivity contribution in [3.8, 4) is 0 Å². The number of hydrogen-bond acceptors (Lipinski definition) is 4. The van der Waals surface area contributed by atoms with Crippen molar-refractivity contribution in [3.63, 3.8) is 0 Å². The molecule has 0 radical (unpaired) electrons. The normalized spacial score (nSPS) is 18.5. The van der Waals surface area contributed by atoms with Crippen molar-refractivity contribution in [2.75, 3.05) is 25.0 Å². The Morgan fingerprint density at radius 3 is 2.50 bits per heavy atom. The van der Waals surface area contributed by atoms with E-state index < -0.39 is 0 Å². The van der Waals surface area contributed by atoms with Crippen LogP contribution < -0.4 is 10.2 Å². The predicted molar refractivity (Wildman–Crippen MR) is 73.9 cm³/mol. The number of nitrogens with one attached hydrogen (secondary N) is 1. The average Bonchev–Trinajstić information content (AvgIpc) is 2.71. The van der Waals surface area contributed by atoms with E-state index in [0.717, 1.165) is 29.9 Å². The summed E-state index contributed by atoms with van der Waals surface area (Å²) in [6, 6.07) is 0.524. The van der Waals surface area contributed by atoms with Crippen LogP contribution in [0.15, 0.2) is 16.9 Å². The van der Waals surface area contributed by atoms with Crippen LogP contribution in [-0.4, -0.2) is 36.1 Å². The zero-order valence-corrected chi connectivity index (χ0v) is 12.1. The Balaban J connectivity index is 0.00000112. The van der Waals surface area contributed by atoms with Gasteiger partial charge in [-0.25, -0.2) is 9.97 Å². The molecule has 2 heterocycles. The third-order valence-corrected chi connectivity index (χ3v) is 2.91. The molecule has 1 atom stereocenters. The second-order valence-corrected chi connectivity index (χ2v) is 4.37. The molecular weight excluding hydrogens is 315 g/mol. The molecule has 0 spiro atoms. The molecule has 1 N–H and O–H groups in total. The number of hydrogen-bond donors (Lipinski definition) is 1. The largest absolute Gasteiger partial charge is 0.340 e. The van der Waals surface area contributed by atoms with Gasteiger partial charge in [-0.2, -0.15) is 0 Å². The Hall–Kier alpha value is -0.100. The SMILES string of the molecule is CN(c1ncc(Br)cn1)C1CCNC1.Cl.Cl. The van der Waals surface area contributed by atoms with Gasteiger partial charge in [-0.05, 0) is 28.9 Å². The third kappa shape index (κ3) is 3.73. The first-order chi connectivity index (χ1) is 6.77. The molecule has 1 aliphatic rings. The van der Waals surface area contributed by atoms with E-state index in [1.807, 2.05) is 7.05 Å². The lowest BCUT2D eigenvalue weighted by Gasteiger charge is -2.23. The number of nitrogens with zero attached hydrogens (tertiary/aromatic N) is 3. The van der Waals surface area contributed by atoms with Gasteiger partial charge in [0.05, 0.1) is 4.47 Å². The Morgan fingerprint density at radius 2 is 2.00 bits per heavy atom. The highest BCUT2D eigenvalue weighted by Gasteiger charge is 2.20. The second-order valence-electron chi connectivity index (χ2n) is 3.46. The maximum Gasteiger partial charge on any atom is 0.225 e. The van der Waals surface area contributed by atoms with E-state index in [1.165, 1.54) is 0 Å². The minimum absolute atomic E-state index is 0. The molecule has 1 aliphatic heterocycles. The fraction of sp³-hybridized carbons (Fsp3) is 0.556.